The van der Waals surface area contributed by atoms with Crippen LogP contribution in [-0.4, -0.2) is 21.5 Å². The van der Waals surface area contributed by atoms with Gasteiger partial charge in [0.15, 0.2) is 6.61 Å². The lowest BCUT2D eigenvalue weighted by atomic mass is 10.2. The molecular formula is C16H11N5O3. The van der Waals surface area contributed by atoms with E-state index in [9.17, 15) is 10.1 Å². The monoisotopic (exact) mass is 321 g/mol. The summed E-state index contributed by atoms with van der Waals surface area (Å²) in [7, 11) is 0. The zero-order valence-electron chi connectivity index (χ0n) is 12.3. The number of rotatable bonds is 5. The molecule has 0 unspecified atom stereocenters. The number of nitro benzene ring substituents is 1. The number of fused-ring (bicyclic) bond motifs is 1. The van der Waals surface area contributed by atoms with E-state index >= 15 is 0 Å². The molecule has 0 fully saturated rings. The molecule has 1 heterocycles. The zero-order chi connectivity index (χ0) is 16.9. The lowest BCUT2D eigenvalue weighted by Gasteiger charge is -2.09. The standard InChI is InChI=1S/C16H11N5O3/c17-6-7-24-13-3-1-2-11(8-13)20-16-14-5-4-12(21(22)23)9-15(14)18-10-19-16/h1-5,8-10H,7H2,(H,18,19,20). The van der Waals surface area contributed by atoms with Crippen LogP contribution in [0, 0.1) is 21.4 Å². The molecule has 0 aliphatic heterocycles. The molecule has 1 aromatic heterocycles. The Balaban J connectivity index is 1.93. The maximum atomic E-state index is 10.9. The van der Waals surface area contributed by atoms with E-state index in [0.29, 0.717) is 28.2 Å². The Morgan fingerprint density at radius 1 is 1.25 bits per heavy atom. The number of anilines is 2. The first kappa shape index (κ1) is 15.2. The molecule has 0 saturated heterocycles. The largest absolute Gasteiger partial charge is 0.479 e. The van der Waals surface area contributed by atoms with E-state index in [1.807, 2.05) is 12.1 Å². The van der Waals surface area contributed by atoms with Gasteiger partial charge < -0.3 is 10.1 Å². The van der Waals surface area contributed by atoms with Crippen molar-refractivity contribution in [3.8, 4) is 11.8 Å². The Morgan fingerprint density at radius 3 is 2.92 bits per heavy atom. The summed E-state index contributed by atoms with van der Waals surface area (Å²) >= 11 is 0. The van der Waals surface area contributed by atoms with Gasteiger partial charge in [0, 0.05) is 29.3 Å². The minimum atomic E-state index is -0.468. The summed E-state index contributed by atoms with van der Waals surface area (Å²) in [5, 5.41) is 23.2. The van der Waals surface area contributed by atoms with Crippen LogP contribution in [0.15, 0.2) is 48.8 Å². The van der Waals surface area contributed by atoms with Gasteiger partial charge >= 0.3 is 0 Å². The van der Waals surface area contributed by atoms with Crippen LogP contribution in [0.4, 0.5) is 17.2 Å². The van der Waals surface area contributed by atoms with E-state index in [0.717, 1.165) is 0 Å². The van der Waals surface area contributed by atoms with Crippen molar-refractivity contribution in [1.82, 2.24) is 9.97 Å². The molecule has 2 aromatic carbocycles. The second-order valence-corrected chi connectivity index (χ2v) is 4.78. The van der Waals surface area contributed by atoms with E-state index in [-0.39, 0.29) is 12.3 Å². The number of benzene rings is 2. The van der Waals surface area contributed by atoms with Crippen molar-refractivity contribution in [3.05, 3.63) is 58.9 Å². The van der Waals surface area contributed by atoms with Gasteiger partial charge in [0.25, 0.3) is 5.69 Å². The first-order valence-corrected chi connectivity index (χ1v) is 6.93. The van der Waals surface area contributed by atoms with Gasteiger partial charge in [0.05, 0.1) is 10.4 Å². The number of non-ortho nitro benzene ring substituents is 1. The Bertz CT molecular complexity index is 952. The highest BCUT2D eigenvalue weighted by molar-refractivity contribution is 5.91. The molecule has 0 saturated carbocycles. The summed E-state index contributed by atoms with van der Waals surface area (Å²) in [5.41, 5.74) is 1.15. The molecule has 0 amide bonds. The molecule has 8 nitrogen and oxygen atoms in total. The molecular weight excluding hydrogens is 310 g/mol. The van der Waals surface area contributed by atoms with Crippen LogP contribution >= 0.6 is 0 Å². The highest BCUT2D eigenvalue weighted by atomic mass is 16.6. The van der Waals surface area contributed by atoms with Crippen LogP contribution in [0.2, 0.25) is 0 Å². The quantitative estimate of drug-likeness (QED) is 0.567. The Morgan fingerprint density at radius 2 is 2.12 bits per heavy atom. The van der Waals surface area contributed by atoms with Crippen molar-refractivity contribution in [3.63, 3.8) is 0 Å². The summed E-state index contributed by atoms with van der Waals surface area (Å²) < 4.78 is 5.25. The number of nitrogens with one attached hydrogen (secondary N) is 1. The number of hydrogen-bond donors (Lipinski definition) is 1. The van der Waals surface area contributed by atoms with Gasteiger partial charge in [0.1, 0.15) is 24.0 Å². The smallest absolute Gasteiger partial charge is 0.271 e. The number of nitriles is 1. The summed E-state index contributed by atoms with van der Waals surface area (Å²) in [6, 6.07) is 13.4. The van der Waals surface area contributed by atoms with Gasteiger partial charge in [-0.1, -0.05) is 6.07 Å². The molecule has 1 N–H and O–H groups in total. The van der Waals surface area contributed by atoms with Crippen LogP contribution in [0.5, 0.6) is 5.75 Å². The first-order valence-electron chi connectivity index (χ1n) is 6.93. The van der Waals surface area contributed by atoms with Crippen molar-refractivity contribution in [1.29, 1.82) is 5.26 Å². The highest BCUT2D eigenvalue weighted by Crippen LogP contribution is 2.27. The number of nitrogens with zero attached hydrogens (tertiary/aromatic N) is 4. The zero-order valence-corrected chi connectivity index (χ0v) is 12.3. The summed E-state index contributed by atoms with van der Waals surface area (Å²) in [6.07, 6.45) is 1.34. The van der Waals surface area contributed by atoms with Crippen molar-refractivity contribution < 1.29 is 9.66 Å². The van der Waals surface area contributed by atoms with Gasteiger partial charge in [-0.05, 0) is 18.2 Å². The minimum absolute atomic E-state index is 0.0287. The molecule has 3 aromatic rings. The molecule has 118 valence electrons. The number of nitro groups is 1. The molecule has 0 bridgehead atoms. The van der Waals surface area contributed by atoms with Gasteiger partial charge in [-0.15, -0.1) is 0 Å². The predicted molar refractivity (Wildman–Crippen MR) is 87.0 cm³/mol. The third-order valence-electron chi connectivity index (χ3n) is 3.23. The molecule has 24 heavy (non-hydrogen) atoms. The molecule has 0 radical (unpaired) electrons. The second kappa shape index (κ2) is 6.58. The average molecular weight is 321 g/mol. The van der Waals surface area contributed by atoms with Crippen molar-refractivity contribution >= 4 is 28.1 Å². The van der Waals surface area contributed by atoms with Crippen molar-refractivity contribution in [2.75, 3.05) is 11.9 Å². The van der Waals surface area contributed by atoms with E-state index in [1.54, 1.807) is 24.3 Å². The van der Waals surface area contributed by atoms with Crippen molar-refractivity contribution in [2.24, 2.45) is 0 Å². The van der Waals surface area contributed by atoms with E-state index in [1.165, 1.54) is 18.5 Å². The Hall–Kier alpha value is -3.73. The average Bonchev–Trinajstić information content (AvgIpc) is 2.60. The number of ether oxygens (including phenoxy) is 1. The maximum absolute atomic E-state index is 10.9. The Kier molecular flexibility index (Phi) is 4.16. The van der Waals surface area contributed by atoms with Crippen LogP contribution < -0.4 is 10.1 Å². The fraction of sp³-hybridized carbons (Fsp3) is 0.0625. The van der Waals surface area contributed by atoms with Gasteiger partial charge in [-0.2, -0.15) is 5.26 Å². The van der Waals surface area contributed by atoms with Gasteiger partial charge in [-0.25, -0.2) is 9.97 Å². The van der Waals surface area contributed by atoms with Crippen LogP contribution in [0.25, 0.3) is 10.9 Å². The third kappa shape index (κ3) is 3.20. The lowest BCUT2D eigenvalue weighted by Crippen LogP contribution is -1.98. The number of hydrogen-bond acceptors (Lipinski definition) is 7. The lowest BCUT2D eigenvalue weighted by molar-refractivity contribution is -0.384. The molecule has 0 aliphatic carbocycles. The fourth-order valence-corrected chi connectivity index (χ4v) is 2.17. The molecule has 0 aliphatic rings. The molecule has 8 heteroatoms. The molecule has 0 spiro atoms. The van der Waals surface area contributed by atoms with E-state index < -0.39 is 4.92 Å². The Labute approximate surface area is 136 Å². The van der Waals surface area contributed by atoms with Crippen LogP contribution in [-0.2, 0) is 0 Å². The molecule has 0 atom stereocenters. The molecule has 3 rings (SSSR count). The SMILES string of the molecule is N#CCOc1cccc(Nc2ncnc3cc([N+](=O)[O-])ccc23)c1. The first-order chi connectivity index (χ1) is 11.7. The van der Waals surface area contributed by atoms with Gasteiger partial charge in [0.2, 0.25) is 0 Å². The second-order valence-electron chi connectivity index (χ2n) is 4.78. The topological polar surface area (TPSA) is 114 Å². The summed E-state index contributed by atoms with van der Waals surface area (Å²) in [5.74, 6) is 1.07. The third-order valence-corrected chi connectivity index (χ3v) is 3.23. The van der Waals surface area contributed by atoms with E-state index in [2.05, 4.69) is 15.3 Å². The normalized spacial score (nSPS) is 10.1. The fourth-order valence-electron chi connectivity index (χ4n) is 2.17. The summed E-state index contributed by atoms with van der Waals surface area (Å²) in [6.45, 7) is -0.0381. The minimum Gasteiger partial charge on any atom is -0.479 e. The van der Waals surface area contributed by atoms with Crippen LogP contribution in [0.3, 0.4) is 0 Å². The van der Waals surface area contributed by atoms with Crippen molar-refractivity contribution in [2.45, 2.75) is 0 Å². The number of aromatic nitrogens is 2. The van der Waals surface area contributed by atoms with E-state index in [4.69, 9.17) is 10.00 Å². The predicted octanol–water partition coefficient (Wildman–Crippen LogP) is 3.18. The summed E-state index contributed by atoms with van der Waals surface area (Å²) in [4.78, 5) is 18.6. The highest BCUT2D eigenvalue weighted by Gasteiger charge is 2.10. The maximum Gasteiger partial charge on any atom is 0.271 e. The van der Waals surface area contributed by atoms with Crippen LogP contribution in [0.1, 0.15) is 0 Å². The van der Waals surface area contributed by atoms with Gasteiger partial charge in [-0.3, -0.25) is 10.1 Å².